The SMILES string of the molecule is Cc1oc(-n2cccc2)c(C#N)c1C(=O)OCC(=O)Nc1ccc(F)c(Cl)c1. The van der Waals surface area contributed by atoms with Crippen molar-refractivity contribution in [2.45, 2.75) is 6.92 Å². The molecule has 0 aliphatic carbocycles. The van der Waals surface area contributed by atoms with Gasteiger partial charge in [-0.3, -0.25) is 9.36 Å². The highest BCUT2D eigenvalue weighted by molar-refractivity contribution is 6.31. The molecule has 7 nitrogen and oxygen atoms in total. The van der Waals surface area contributed by atoms with E-state index in [4.69, 9.17) is 20.8 Å². The standard InChI is InChI=1S/C19H13ClFN3O4/c1-11-17(13(9-22)18(28-11)24-6-2-3-7-24)19(26)27-10-16(25)23-12-4-5-15(21)14(20)8-12/h2-8H,10H2,1H3,(H,23,25). The van der Waals surface area contributed by atoms with Crippen molar-refractivity contribution in [3.63, 3.8) is 0 Å². The molecule has 0 aliphatic heterocycles. The van der Waals surface area contributed by atoms with Gasteiger partial charge in [-0.2, -0.15) is 5.26 Å². The molecule has 0 saturated carbocycles. The van der Waals surface area contributed by atoms with Crippen molar-refractivity contribution in [1.29, 1.82) is 5.26 Å². The maximum absolute atomic E-state index is 13.1. The predicted molar refractivity (Wildman–Crippen MR) is 97.8 cm³/mol. The Bertz CT molecular complexity index is 1080. The maximum atomic E-state index is 13.1. The quantitative estimate of drug-likeness (QED) is 0.655. The van der Waals surface area contributed by atoms with Crippen LogP contribution in [0.4, 0.5) is 10.1 Å². The Morgan fingerprint density at radius 2 is 2.07 bits per heavy atom. The van der Waals surface area contributed by atoms with Crippen LogP contribution < -0.4 is 5.32 Å². The Morgan fingerprint density at radius 1 is 1.36 bits per heavy atom. The minimum absolute atomic E-state index is 0.00410. The molecule has 0 fully saturated rings. The van der Waals surface area contributed by atoms with Crippen molar-refractivity contribution in [1.82, 2.24) is 4.57 Å². The number of hydrogen-bond donors (Lipinski definition) is 1. The fraction of sp³-hybridized carbons (Fsp3) is 0.105. The first-order chi connectivity index (χ1) is 13.4. The second-order valence-electron chi connectivity index (χ2n) is 5.67. The summed E-state index contributed by atoms with van der Waals surface area (Å²) in [6, 6.07) is 9.05. The molecule has 0 unspecified atom stereocenters. The summed E-state index contributed by atoms with van der Waals surface area (Å²) in [5.41, 5.74) is 0.202. The van der Waals surface area contributed by atoms with Crippen LogP contribution in [0.2, 0.25) is 5.02 Å². The van der Waals surface area contributed by atoms with E-state index < -0.39 is 24.3 Å². The Balaban J connectivity index is 1.70. The Hall–Kier alpha value is -3.57. The van der Waals surface area contributed by atoms with Gasteiger partial charge >= 0.3 is 5.97 Å². The average Bonchev–Trinajstić information content (AvgIpc) is 3.30. The fourth-order valence-corrected chi connectivity index (χ4v) is 2.69. The lowest BCUT2D eigenvalue weighted by molar-refractivity contribution is -0.119. The summed E-state index contributed by atoms with van der Waals surface area (Å²) in [7, 11) is 0. The van der Waals surface area contributed by atoms with Gasteiger partial charge in [-0.05, 0) is 37.3 Å². The van der Waals surface area contributed by atoms with Crippen LogP contribution in [0.5, 0.6) is 0 Å². The Morgan fingerprint density at radius 3 is 2.71 bits per heavy atom. The summed E-state index contributed by atoms with van der Waals surface area (Å²) in [6.07, 6.45) is 3.32. The zero-order chi connectivity index (χ0) is 20.3. The number of furan rings is 1. The molecule has 0 saturated heterocycles. The first kappa shape index (κ1) is 19.2. The number of rotatable bonds is 5. The molecule has 1 amide bonds. The van der Waals surface area contributed by atoms with Gasteiger partial charge in [0.1, 0.15) is 28.8 Å². The monoisotopic (exact) mass is 401 g/mol. The normalized spacial score (nSPS) is 10.4. The van der Waals surface area contributed by atoms with Gasteiger partial charge in [-0.15, -0.1) is 0 Å². The highest BCUT2D eigenvalue weighted by Gasteiger charge is 2.26. The predicted octanol–water partition coefficient (Wildman–Crippen LogP) is 3.84. The number of nitriles is 1. The van der Waals surface area contributed by atoms with Crippen LogP contribution in [0.25, 0.3) is 5.88 Å². The molecule has 142 valence electrons. The summed E-state index contributed by atoms with van der Waals surface area (Å²) >= 11 is 5.65. The maximum Gasteiger partial charge on any atom is 0.343 e. The minimum Gasteiger partial charge on any atom is -0.452 e. The second-order valence-corrected chi connectivity index (χ2v) is 6.08. The lowest BCUT2D eigenvalue weighted by atomic mass is 10.1. The number of carbonyl (C=O) groups excluding carboxylic acids is 2. The van der Waals surface area contributed by atoms with Crippen LogP contribution in [-0.2, 0) is 9.53 Å². The molecule has 1 N–H and O–H groups in total. The molecule has 1 aromatic carbocycles. The van der Waals surface area contributed by atoms with E-state index in [9.17, 15) is 19.2 Å². The van der Waals surface area contributed by atoms with Gasteiger partial charge in [0.05, 0.1) is 5.02 Å². The molecule has 3 rings (SSSR count). The molecule has 2 aromatic heterocycles. The topological polar surface area (TPSA) is 97.3 Å². The molecule has 9 heteroatoms. The lowest BCUT2D eigenvalue weighted by Gasteiger charge is -2.07. The number of nitrogens with zero attached hydrogens (tertiary/aromatic N) is 2. The number of aromatic nitrogens is 1. The van der Waals surface area contributed by atoms with E-state index in [-0.39, 0.29) is 33.5 Å². The van der Waals surface area contributed by atoms with Gasteiger partial charge in [0.25, 0.3) is 5.91 Å². The third kappa shape index (κ3) is 3.89. The first-order valence-corrected chi connectivity index (χ1v) is 8.37. The van der Waals surface area contributed by atoms with E-state index in [0.29, 0.717) is 0 Å². The van der Waals surface area contributed by atoms with E-state index in [2.05, 4.69) is 5.32 Å². The molecule has 0 atom stereocenters. The minimum atomic E-state index is -0.872. The number of benzene rings is 1. The van der Waals surface area contributed by atoms with E-state index in [0.717, 1.165) is 6.07 Å². The van der Waals surface area contributed by atoms with Crippen molar-refractivity contribution >= 4 is 29.2 Å². The fourth-order valence-electron chi connectivity index (χ4n) is 2.51. The van der Waals surface area contributed by atoms with Crippen molar-refractivity contribution < 1.29 is 23.1 Å². The van der Waals surface area contributed by atoms with E-state index in [1.54, 1.807) is 29.1 Å². The van der Waals surface area contributed by atoms with Crippen LogP contribution in [0.1, 0.15) is 21.7 Å². The van der Waals surface area contributed by atoms with Gasteiger partial charge in [-0.25, -0.2) is 9.18 Å². The third-order valence-electron chi connectivity index (χ3n) is 3.76. The number of esters is 1. The van der Waals surface area contributed by atoms with Gasteiger partial charge in [0.2, 0.25) is 5.88 Å². The molecule has 0 aliphatic rings. The Kier molecular flexibility index (Phi) is 5.47. The third-order valence-corrected chi connectivity index (χ3v) is 4.05. The van der Waals surface area contributed by atoms with Crippen molar-refractivity contribution in [3.8, 4) is 12.0 Å². The zero-order valence-electron chi connectivity index (χ0n) is 14.5. The second kappa shape index (κ2) is 7.98. The van der Waals surface area contributed by atoms with Crippen LogP contribution in [0.15, 0.2) is 47.1 Å². The van der Waals surface area contributed by atoms with Crippen LogP contribution in [0.3, 0.4) is 0 Å². The van der Waals surface area contributed by atoms with Crippen molar-refractivity contribution in [2.75, 3.05) is 11.9 Å². The van der Waals surface area contributed by atoms with E-state index in [1.807, 2.05) is 6.07 Å². The van der Waals surface area contributed by atoms with E-state index >= 15 is 0 Å². The molecule has 0 radical (unpaired) electrons. The van der Waals surface area contributed by atoms with Crippen LogP contribution in [-0.4, -0.2) is 23.1 Å². The van der Waals surface area contributed by atoms with Crippen molar-refractivity contribution in [2.24, 2.45) is 0 Å². The number of hydrogen-bond acceptors (Lipinski definition) is 5. The number of carbonyl (C=O) groups is 2. The molecule has 3 aromatic rings. The van der Waals surface area contributed by atoms with Gasteiger partial charge in [0, 0.05) is 18.1 Å². The zero-order valence-corrected chi connectivity index (χ0v) is 15.3. The van der Waals surface area contributed by atoms with Gasteiger partial charge in [-0.1, -0.05) is 11.6 Å². The summed E-state index contributed by atoms with van der Waals surface area (Å²) in [4.78, 5) is 24.3. The molecule has 0 spiro atoms. The highest BCUT2D eigenvalue weighted by Crippen LogP contribution is 2.26. The average molecular weight is 402 g/mol. The number of anilines is 1. The smallest absolute Gasteiger partial charge is 0.343 e. The summed E-state index contributed by atoms with van der Waals surface area (Å²) in [5.74, 6) is -1.77. The van der Waals surface area contributed by atoms with Crippen LogP contribution in [0, 0.1) is 24.1 Å². The number of aryl methyl sites for hydroxylation is 1. The number of halogens is 2. The molecular formula is C19H13ClFN3O4. The van der Waals surface area contributed by atoms with Gasteiger partial charge in [0.15, 0.2) is 6.61 Å². The Labute approximate surface area is 163 Å². The largest absolute Gasteiger partial charge is 0.452 e. The number of amides is 1. The molecule has 28 heavy (non-hydrogen) atoms. The van der Waals surface area contributed by atoms with E-state index in [1.165, 1.54) is 19.1 Å². The molecular weight excluding hydrogens is 389 g/mol. The number of nitrogens with one attached hydrogen (secondary N) is 1. The lowest BCUT2D eigenvalue weighted by Crippen LogP contribution is -2.21. The number of ether oxygens (including phenoxy) is 1. The molecule has 0 bridgehead atoms. The highest BCUT2D eigenvalue weighted by atomic mass is 35.5. The molecule has 2 heterocycles. The summed E-state index contributed by atoms with van der Waals surface area (Å²) in [5, 5.41) is 11.7. The first-order valence-electron chi connectivity index (χ1n) is 7.99. The summed E-state index contributed by atoms with van der Waals surface area (Å²) < 4.78 is 25.2. The van der Waals surface area contributed by atoms with Crippen molar-refractivity contribution in [3.05, 3.63) is 70.5 Å². The van der Waals surface area contributed by atoms with Crippen LogP contribution >= 0.6 is 11.6 Å². The van der Waals surface area contributed by atoms with Gasteiger partial charge < -0.3 is 14.5 Å². The summed E-state index contributed by atoms with van der Waals surface area (Å²) in [6.45, 7) is 0.910.